The summed E-state index contributed by atoms with van der Waals surface area (Å²) in [6, 6.07) is 16.9. The lowest BCUT2D eigenvalue weighted by molar-refractivity contribution is -0.118. The molecule has 1 aromatic carbocycles. The van der Waals surface area contributed by atoms with E-state index in [1.54, 1.807) is 17.4 Å². The summed E-state index contributed by atoms with van der Waals surface area (Å²) in [5, 5.41) is 2.67. The highest BCUT2D eigenvalue weighted by atomic mass is 32.1. The van der Waals surface area contributed by atoms with Crippen LogP contribution < -0.4 is 4.90 Å². The molecule has 26 heavy (non-hydrogen) atoms. The molecule has 4 aromatic rings. The summed E-state index contributed by atoms with van der Waals surface area (Å²) in [7, 11) is 0. The average molecular weight is 364 g/mol. The van der Waals surface area contributed by atoms with E-state index in [-0.39, 0.29) is 12.3 Å². The van der Waals surface area contributed by atoms with Gasteiger partial charge in [-0.15, -0.1) is 11.3 Å². The Morgan fingerprint density at radius 3 is 2.54 bits per heavy atom. The number of furan rings is 2. The Hall–Kier alpha value is -3.12. The zero-order valence-corrected chi connectivity index (χ0v) is 14.7. The molecule has 0 aliphatic rings. The van der Waals surface area contributed by atoms with Crippen LogP contribution in [0.25, 0.3) is 10.8 Å². The zero-order chi connectivity index (χ0) is 17.8. The topological polar surface area (TPSA) is 59.5 Å². The van der Waals surface area contributed by atoms with E-state index in [2.05, 4.69) is 4.98 Å². The van der Waals surface area contributed by atoms with Gasteiger partial charge in [-0.05, 0) is 36.4 Å². The summed E-state index contributed by atoms with van der Waals surface area (Å²) in [6.45, 7) is 0.380. The fourth-order valence-electron chi connectivity index (χ4n) is 2.64. The Balaban J connectivity index is 1.54. The van der Waals surface area contributed by atoms with Crippen LogP contribution in [0.5, 0.6) is 0 Å². The maximum atomic E-state index is 13.0. The number of thiazole rings is 1. The second kappa shape index (κ2) is 7.41. The molecule has 5 nitrogen and oxygen atoms in total. The van der Waals surface area contributed by atoms with E-state index in [0.717, 1.165) is 22.1 Å². The predicted molar refractivity (Wildman–Crippen MR) is 99.9 cm³/mol. The summed E-state index contributed by atoms with van der Waals surface area (Å²) in [5.74, 6) is 1.41. The number of hydrogen-bond acceptors (Lipinski definition) is 5. The summed E-state index contributed by atoms with van der Waals surface area (Å²) in [5.41, 5.74) is 1.56. The van der Waals surface area contributed by atoms with Gasteiger partial charge in [-0.2, -0.15) is 0 Å². The molecule has 3 aromatic heterocycles. The maximum Gasteiger partial charge on any atom is 0.233 e. The third-order valence-corrected chi connectivity index (χ3v) is 4.78. The van der Waals surface area contributed by atoms with Crippen LogP contribution in [0, 0.1) is 0 Å². The first-order chi connectivity index (χ1) is 12.8. The number of aromatic nitrogens is 1. The van der Waals surface area contributed by atoms with Crippen LogP contribution in [0.4, 0.5) is 5.69 Å². The average Bonchev–Trinajstić information content (AvgIpc) is 3.42. The quantitative estimate of drug-likeness (QED) is 0.494. The monoisotopic (exact) mass is 364 g/mol. The van der Waals surface area contributed by atoms with Gasteiger partial charge in [0.2, 0.25) is 5.91 Å². The molecular weight excluding hydrogens is 348 g/mol. The van der Waals surface area contributed by atoms with Crippen molar-refractivity contribution in [2.24, 2.45) is 0 Å². The first-order valence-corrected chi connectivity index (χ1v) is 9.03. The number of rotatable bonds is 6. The molecule has 1 amide bonds. The smallest absolute Gasteiger partial charge is 0.233 e. The van der Waals surface area contributed by atoms with Gasteiger partial charge in [-0.3, -0.25) is 4.79 Å². The van der Waals surface area contributed by atoms with Gasteiger partial charge in [-0.25, -0.2) is 4.98 Å². The van der Waals surface area contributed by atoms with E-state index < -0.39 is 0 Å². The Bertz CT molecular complexity index is 960. The molecule has 0 unspecified atom stereocenters. The first-order valence-electron chi connectivity index (χ1n) is 8.15. The molecule has 0 aliphatic heterocycles. The molecule has 130 valence electrons. The Morgan fingerprint density at radius 1 is 1.00 bits per heavy atom. The van der Waals surface area contributed by atoms with Crippen LogP contribution in [0.2, 0.25) is 0 Å². The van der Waals surface area contributed by atoms with Crippen LogP contribution in [0.1, 0.15) is 11.5 Å². The van der Waals surface area contributed by atoms with E-state index in [1.807, 2.05) is 60.0 Å². The van der Waals surface area contributed by atoms with Crippen molar-refractivity contribution in [2.45, 2.75) is 13.0 Å². The molecule has 0 aliphatic carbocycles. The van der Waals surface area contributed by atoms with Gasteiger partial charge >= 0.3 is 0 Å². The summed E-state index contributed by atoms with van der Waals surface area (Å²) >= 11 is 1.47. The molecule has 0 fully saturated rings. The Kier molecular flexibility index (Phi) is 4.66. The lowest BCUT2D eigenvalue weighted by Gasteiger charge is -2.21. The van der Waals surface area contributed by atoms with Gasteiger partial charge in [0.05, 0.1) is 31.2 Å². The lowest BCUT2D eigenvalue weighted by Crippen LogP contribution is -2.31. The number of carbonyl (C=O) groups is 1. The predicted octanol–water partition coefficient (Wildman–Crippen LogP) is 4.77. The van der Waals surface area contributed by atoms with Crippen molar-refractivity contribution in [3.63, 3.8) is 0 Å². The third kappa shape index (κ3) is 3.60. The standard InChI is InChI=1S/C20H16N2O3S/c23-19(12-15-14-26-20(21-15)18-9-5-11-25-18)22(13-17-8-4-10-24-17)16-6-2-1-3-7-16/h1-11,14H,12-13H2. The van der Waals surface area contributed by atoms with Crippen LogP contribution >= 0.6 is 11.3 Å². The van der Waals surface area contributed by atoms with E-state index in [9.17, 15) is 4.79 Å². The van der Waals surface area contributed by atoms with Crippen molar-refractivity contribution in [1.29, 1.82) is 0 Å². The van der Waals surface area contributed by atoms with Crippen molar-refractivity contribution in [2.75, 3.05) is 4.90 Å². The first kappa shape index (κ1) is 16.4. The SMILES string of the molecule is O=C(Cc1csc(-c2ccco2)n1)N(Cc1ccco1)c1ccccc1. The van der Waals surface area contributed by atoms with Gasteiger partial charge in [0.15, 0.2) is 10.8 Å². The minimum Gasteiger partial charge on any atom is -0.467 e. The van der Waals surface area contributed by atoms with Crippen LogP contribution in [-0.2, 0) is 17.8 Å². The minimum atomic E-state index is -0.0381. The van der Waals surface area contributed by atoms with Gasteiger partial charge in [0, 0.05) is 11.1 Å². The zero-order valence-electron chi connectivity index (χ0n) is 13.9. The fraction of sp³-hybridized carbons (Fsp3) is 0.100. The van der Waals surface area contributed by atoms with Crippen molar-refractivity contribution >= 4 is 22.9 Å². The number of nitrogens with zero attached hydrogens (tertiary/aromatic N) is 2. The molecule has 3 heterocycles. The molecule has 6 heteroatoms. The maximum absolute atomic E-state index is 13.0. The number of amides is 1. The van der Waals surface area contributed by atoms with E-state index in [1.165, 1.54) is 11.3 Å². The van der Waals surface area contributed by atoms with Crippen molar-refractivity contribution < 1.29 is 13.6 Å². The van der Waals surface area contributed by atoms with E-state index >= 15 is 0 Å². The van der Waals surface area contributed by atoms with Gasteiger partial charge in [0.25, 0.3) is 0 Å². The number of benzene rings is 1. The fourth-order valence-corrected chi connectivity index (χ4v) is 3.43. The van der Waals surface area contributed by atoms with Crippen molar-refractivity contribution in [3.8, 4) is 10.8 Å². The van der Waals surface area contributed by atoms with Crippen LogP contribution in [-0.4, -0.2) is 10.9 Å². The summed E-state index contributed by atoms with van der Waals surface area (Å²) < 4.78 is 10.8. The molecule has 0 atom stereocenters. The second-order valence-corrected chi connectivity index (χ2v) is 6.55. The molecule has 4 rings (SSSR count). The highest BCUT2D eigenvalue weighted by Gasteiger charge is 2.19. The van der Waals surface area contributed by atoms with Gasteiger partial charge in [-0.1, -0.05) is 18.2 Å². The molecular formula is C20H16N2O3S. The third-order valence-electron chi connectivity index (χ3n) is 3.88. The molecule has 0 N–H and O–H groups in total. The molecule has 0 spiro atoms. The Morgan fingerprint density at radius 2 is 1.81 bits per heavy atom. The number of carbonyl (C=O) groups excluding carboxylic acids is 1. The van der Waals surface area contributed by atoms with Crippen molar-refractivity contribution in [3.05, 3.63) is 84.0 Å². The molecule has 0 radical (unpaired) electrons. The van der Waals surface area contributed by atoms with Crippen LogP contribution in [0.3, 0.4) is 0 Å². The highest BCUT2D eigenvalue weighted by Crippen LogP contribution is 2.25. The summed E-state index contributed by atoms with van der Waals surface area (Å²) in [4.78, 5) is 19.2. The summed E-state index contributed by atoms with van der Waals surface area (Å²) in [6.07, 6.45) is 3.44. The lowest BCUT2D eigenvalue weighted by atomic mass is 10.2. The minimum absolute atomic E-state index is 0.0381. The molecule has 0 saturated heterocycles. The molecule has 0 saturated carbocycles. The highest BCUT2D eigenvalue weighted by molar-refractivity contribution is 7.13. The Labute approximate surface area is 154 Å². The number of hydrogen-bond donors (Lipinski definition) is 0. The van der Waals surface area contributed by atoms with Gasteiger partial charge in [0.1, 0.15) is 5.76 Å². The largest absolute Gasteiger partial charge is 0.467 e. The number of para-hydroxylation sites is 1. The van der Waals surface area contributed by atoms with Crippen LogP contribution in [0.15, 0.2) is 81.3 Å². The molecule has 0 bridgehead atoms. The van der Waals surface area contributed by atoms with Crippen molar-refractivity contribution in [1.82, 2.24) is 4.98 Å². The van der Waals surface area contributed by atoms with Gasteiger partial charge < -0.3 is 13.7 Å². The van der Waals surface area contributed by atoms with E-state index in [0.29, 0.717) is 12.3 Å². The van der Waals surface area contributed by atoms with E-state index in [4.69, 9.17) is 8.83 Å². The second-order valence-electron chi connectivity index (χ2n) is 5.69. The normalized spacial score (nSPS) is 10.8. The number of anilines is 1.